The molecule has 1 aliphatic carbocycles. The van der Waals surface area contributed by atoms with Crippen LogP contribution in [0.5, 0.6) is 5.75 Å². The number of nitrogens with one attached hydrogen (secondary N) is 2. The van der Waals surface area contributed by atoms with Crippen LogP contribution >= 0.6 is 24.0 Å². The number of carbonyl (C=O) groups is 1. The molecule has 0 saturated heterocycles. The highest BCUT2D eigenvalue weighted by atomic mass is 127. The van der Waals surface area contributed by atoms with Crippen molar-refractivity contribution in [2.45, 2.75) is 31.7 Å². The topological polar surface area (TPSA) is 69.2 Å². The Balaban J connectivity index is 0.00000450. The fraction of sp³-hybridized carbons (Fsp3) is 0.636. The minimum atomic E-state index is -0.329. The Morgan fingerprint density at radius 3 is 2.33 bits per heavy atom. The van der Waals surface area contributed by atoms with Crippen LogP contribution in [0.15, 0.2) is 29.3 Å². The number of aliphatic imine (C=N–C) groups is 1. The molecule has 2 rings (SSSR count). The molecule has 1 saturated carbocycles. The number of rotatable bonds is 8. The highest BCUT2D eigenvalue weighted by molar-refractivity contribution is 14.0. The van der Waals surface area contributed by atoms with E-state index in [2.05, 4.69) is 40.7 Å². The minimum absolute atomic E-state index is 0. The Kier molecular flexibility index (Phi) is 10.9. The molecular weight excluding hydrogens is 493 g/mol. The summed E-state index contributed by atoms with van der Waals surface area (Å²) in [5.41, 5.74) is 0.794. The maximum Gasteiger partial charge on any atom is 0.230 e. The van der Waals surface area contributed by atoms with Crippen molar-refractivity contribution in [3.8, 4) is 5.75 Å². The van der Waals surface area contributed by atoms with Gasteiger partial charge >= 0.3 is 0 Å². The zero-order chi connectivity index (χ0) is 21.4. The van der Waals surface area contributed by atoms with Crippen molar-refractivity contribution in [2.75, 3.05) is 55.4 Å². The number of hydrogen-bond acceptors (Lipinski definition) is 4. The van der Waals surface area contributed by atoms with E-state index in [1.165, 1.54) is 0 Å². The van der Waals surface area contributed by atoms with Crippen LogP contribution in [-0.4, -0.2) is 77.1 Å². The molecule has 0 bridgehead atoms. The van der Waals surface area contributed by atoms with Crippen molar-refractivity contribution in [2.24, 2.45) is 10.4 Å². The van der Waals surface area contributed by atoms with Crippen molar-refractivity contribution < 1.29 is 9.53 Å². The van der Waals surface area contributed by atoms with E-state index in [9.17, 15) is 4.79 Å². The van der Waals surface area contributed by atoms with Gasteiger partial charge in [0.05, 0.1) is 18.6 Å². The summed E-state index contributed by atoms with van der Waals surface area (Å²) in [5, 5.41) is 6.83. The van der Waals surface area contributed by atoms with Crippen molar-refractivity contribution in [3.63, 3.8) is 0 Å². The van der Waals surface area contributed by atoms with E-state index >= 15 is 0 Å². The number of benzene rings is 1. The number of halogens is 1. The number of hydrogen-bond donors (Lipinski definition) is 2. The molecule has 1 unspecified atom stereocenters. The Hall–Kier alpha value is -1.55. The highest BCUT2D eigenvalue weighted by Crippen LogP contribution is 2.38. The molecule has 0 aromatic heterocycles. The molecule has 30 heavy (non-hydrogen) atoms. The second-order valence-corrected chi connectivity index (χ2v) is 8.22. The molecule has 1 aromatic rings. The van der Waals surface area contributed by atoms with Crippen LogP contribution in [0.25, 0.3) is 0 Å². The van der Waals surface area contributed by atoms with Gasteiger partial charge in [-0.05, 0) is 33.0 Å². The first-order chi connectivity index (χ1) is 13.8. The summed E-state index contributed by atoms with van der Waals surface area (Å²) in [5.74, 6) is 1.79. The number of nitrogens with zero attached hydrogens (tertiary/aromatic N) is 3. The summed E-state index contributed by atoms with van der Waals surface area (Å²) >= 11 is 0. The summed E-state index contributed by atoms with van der Waals surface area (Å²) in [6, 6.07) is 8.19. The fourth-order valence-corrected chi connectivity index (χ4v) is 4.17. The predicted octanol–water partition coefficient (Wildman–Crippen LogP) is 2.73. The van der Waals surface area contributed by atoms with E-state index in [0.717, 1.165) is 37.0 Å². The maximum absolute atomic E-state index is 12.8. The number of carbonyl (C=O) groups excluding carboxylic acids is 1. The van der Waals surface area contributed by atoms with Gasteiger partial charge in [0, 0.05) is 39.8 Å². The number of ether oxygens (including phenoxy) is 1. The lowest BCUT2D eigenvalue weighted by molar-refractivity contribution is -0.138. The summed E-state index contributed by atoms with van der Waals surface area (Å²) < 4.78 is 5.54. The SMILES string of the molecule is CN=C(NCC(c1ccccc1OC)N(C)C)NCC1(C(=O)N(C)C)CCCC1.I. The molecular formula is C22H38IN5O2. The second kappa shape index (κ2) is 12.3. The highest BCUT2D eigenvalue weighted by Gasteiger charge is 2.42. The van der Waals surface area contributed by atoms with Crippen molar-refractivity contribution in [1.82, 2.24) is 20.4 Å². The fourth-order valence-electron chi connectivity index (χ4n) is 4.17. The van der Waals surface area contributed by atoms with Gasteiger partial charge < -0.3 is 25.2 Å². The lowest BCUT2D eigenvalue weighted by Gasteiger charge is -2.32. The first kappa shape index (κ1) is 26.5. The first-order valence-electron chi connectivity index (χ1n) is 10.3. The third-order valence-corrected chi connectivity index (χ3v) is 5.82. The van der Waals surface area contributed by atoms with Gasteiger partial charge in [0.15, 0.2) is 5.96 Å². The van der Waals surface area contributed by atoms with Gasteiger partial charge in [0.1, 0.15) is 5.75 Å². The van der Waals surface area contributed by atoms with Crippen LogP contribution in [-0.2, 0) is 4.79 Å². The summed E-state index contributed by atoms with van der Waals surface area (Å²) in [6.45, 7) is 1.27. The van der Waals surface area contributed by atoms with Crippen LogP contribution in [0.2, 0.25) is 0 Å². The molecule has 1 atom stereocenters. The van der Waals surface area contributed by atoms with Crippen molar-refractivity contribution >= 4 is 35.8 Å². The zero-order valence-corrected chi connectivity index (χ0v) is 21.5. The Morgan fingerprint density at radius 2 is 1.80 bits per heavy atom. The minimum Gasteiger partial charge on any atom is -0.496 e. The Morgan fingerprint density at radius 1 is 1.17 bits per heavy atom. The molecule has 2 N–H and O–H groups in total. The zero-order valence-electron chi connectivity index (χ0n) is 19.2. The lowest BCUT2D eigenvalue weighted by Crippen LogP contribution is -2.50. The maximum atomic E-state index is 12.8. The molecule has 1 aromatic carbocycles. The van der Waals surface area contributed by atoms with Gasteiger partial charge in [-0.3, -0.25) is 9.79 Å². The molecule has 8 heteroatoms. The van der Waals surface area contributed by atoms with Gasteiger partial charge in [0.25, 0.3) is 0 Å². The smallest absolute Gasteiger partial charge is 0.230 e. The second-order valence-electron chi connectivity index (χ2n) is 8.22. The lowest BCUT2D eigenvalue weighted by atomic mass is 9.84. The Bertz CT molecular complexity index is 703. The number of likely N-dealkylation sites (N-methyl/N-ethyl adjacent to an activating group) is 1. The third kappa shape index (κ3) is 6.47. The predicted molar refractivity (Wildman–Crippen MR) is 134 cm³/mol. The number of amides is 1. The summed E-state index contributed by atoms with van der Waals surface area (Å²) in [4.78, 5) is 21.0. The molecule has 1 amide bonds. The number of guanidine groups is 1. The summed E-state index contributed by atoms with van der Waals surface area (Å²) in [6.07, 6.45) is 4.05. The van der Waals surface area contributed by atoms with Crippen LogP contribution in [0.1, 0.15) is 37.3 Å². The quantitative estimate of drug-likeness (QED) is 0.307. The van der Waals surface area contributed by atoms with E-state index < -0.39 is 0 Å². The van der Waals surface area contributed by atoms with Crippen LogP contribution < -0.4 is 15.4 Å². The molecule has 0 radical (unpaired) electrons. The van der Waals surface area contributed by atoms with E-state index in [1.807, 2.05) is 32.3 Å². The van der Waals surface area contributed by atoms with Gasteiger partial charge in [-0.25, -0.2) is 0 Å². The molecule has 170 valence electrons. The molecule has 0 aliphatic heterocycles. The summed E-state index contributed by atoms with van der Waals surface area (Å²) in [7, 11) is 11.2. The van der Waals surface area contributed by atoms with Crippen molar-refractivity contribution in [1.29, 1.82) is 0 Å². The average Bonchev–Trinajstić information content (AvgIpc) is 3.19. The van der Waals surface area contributed by atoms with E-state index in [4.69, 9.17) is 4.74 Å². The number of para-hydroxylation sites is 1. The van der Waals surface area contributed by atoms with Gasteiger partial charge in [0.2, 0.25) is 5.91 Å². The largest absolute Gasteiger partial charge is 0.496 e. The molecule has 0 heterocycles. The number of methoxy groups -OCH3 is 1. The van der Waals surface area contributed by atoms with Gasteiger partial charge in [-0.15, -0.1) is 24.0 Å². The van der Waals surface area contributed by atoms with Crippen LogP contribution in [0, 0.1) is 5.41 Å². The van der Waals surface area contributed by atoms with E-state index in [1.54, 1.807) is 19.1 Å². The van der Waals surface area contributed by atoms with Gasteiger partial charge in [-0.2, -0.15) is 0 Å². The van der Waals surface area contributed by atoms with Crippen LogP contribution in [0.4, 0.5) is 0 Å². The normalized spacial score (nSPS) is 16.6. The monoisotopic (exact) mass is 531 g/mol. The average molecular weight is 531 g/mol. The third-order valence-electron chi connectivity index (χ3n) is 5.82. The molecule has 1 fully saturated rings. The van der Waals surface area contributed by atoms with E-state index in [0.29, 0.717) is 19.0 Å². The first-order valence-corrected chi connectivity index (χ1v) is 10.3. The standard InChI is InChI=1S/C22H37N5O2.HI/c1-23-21(25-16-22(13-9-10-14-22)20(28)27(4)5)24-15-18(26(2)3)17-11-7-8-12-19(17)29-6;/h7-8,11-12,18H,9-10,13-16H2,1-6H3,(H2,23,24,25);1H. The van der Waals surface area contributed by atoms with E-state index in [-0.39, 0.29) is 41.3 Å². The molecule has 0 spiro atoms. The Labute approximate surface area is 198 Å². The molecule has 1 aliphatic rings. The van der Waals surface area contributed by atoms with Gasteiger partial charge in [-0.1, -0.05) is 31.0 Å². The van der Waals surface area contributed by atoms with Crippen LogP contribution in [0.3, 0.4) is 0 Å². The molecule has 7 nitrogen and oxygen atoms in total. The van der Waals surface area contributed by atoms with Crippen molar-refractivity contribution in [3.05, 3.63) is 29.8 Å².